The van der Waals surface area contributed by atoms with Gasteiger partial charge >= 0.3 is 0 Å². The maximum absolute atomic E-state index is 13.0. The van der Waals surface area contributed by atoms with Crippen LogP contribution < -0.4 is 10.2 Å². The van der Waals surface area contributed by atoms with Gasteiger partial charge in [0.15, 0.2) is 0 Å². The highest BCUT2D eigenvalue weighted by molar-refractivity contribution is 7.12. The van der Waals surface area contributed by atoms with E-state index in [0.717, 1.165) is 21.6 Å². The van der Waals surface area contributed by atoms with Gasteiger partial charge in [-0.2, -0.15) is 0 Å². The molecule has 0 aliphatic carbocycles. The van der Waals surface area contributed by atoms with Gasteiger partial charge in [0.1, 0.15) is 0 Å². The van der Waals surface area contributed by atoms with E-state index in [-0.39, 0.29) is 17.7 Å². The van der Waals surface area contributed by atoms with Crippen LogP contribution in [0, 0.1) is 6.92 Å². The van der Waals surface area contributed by atoms with E-state index in [1.807, 2.05) is 42.6 Å². The molecule has 0 atom stereocenters. The van der Waals surface area contributed by atoms with E-state index in [2.05, 4.69) is 5.32 Å². The first-order chi connectivity index (χ1) is 15.5. The fourth-order valence-corrected chi connectivity index (χ4v) is 4.59. The molecule has 1 N–H and O–H groups in total. The number of amides is 3. The van der Waals surface area contributed by atoms with Crippen molar-refractivity contribution < 1.29 is 14.4 Å². The molecule has 3 amide bonds. The molecule has 0 radical (unpaired) electrons. The first kappa shape index (κ1) is 19.9. The summed E-state index contributed by atoms with van der Waals surface area (Å²) >= 11 is 1.37. The molecule has 0 saturated heterocycles. The summed E-state index contributed by atoms with van der Waals surface area (Å²) in [4.78, 5) is 40.3. The second kappa shape index (κ2) is 7.90. The molecule has 0 unspecified atom stereocenters. The third-order valence-electron chi connectivity index (χ3n) is 5.39. The summed E-state index contributed by atoms with van der Waals surface area (Å²) < 4.78 is 0. The molecule has 0 bridgehead atoms. The lowest BCUT2D eigenvalue weighted by molar-refractivity contribution is 0.0925. The number of fused-ring (bicyclic) bond motifs is 1. The summed E-state index contributed by atoms with van der Waals surface area (Å²) in [5.41, 5.74) is 4.68. The van der Waals surface area contributed by atoms with Gasteiger partial charge in [-0.15, -0.1) is 11.3 Å². The molecular formula is C26H18N2O3S. The summed E-state index contributed by atoms with van der Waals surface area (Å²) in [5.74, 6) is -0.974. The number of nitrogens with one attached hydrogen (secondary N) is 1. The van der Waals surface area contributed by atoms with Crippen LogP contribution in [-0.2, 0) is 0 Å². The van der Waals surface area contributed by atoms with E-state index in [1.165, 1.54) is 11.3 Å². The van der Waals surface area contributed by atoms with Gasteiger partial charge in [-0.25, -0.2) is 4.90 Å². The quantitative estimate of drug-likeness (QED) is 0.411. The second-order valence-electron chi connectivity index (χ2n) is 7.53. The SMILES string of the molecule is Cc1ccc(-c2ccsc2C(=O)Nc2cccc(N3C(=O)c4ccccc4C3=O)c2)cc1. The van der Waals surface area contributed by atoms with Crippen LogP contribution in [-0.4, -0.2) is 17.7 Å². The smallest absolute Gasteiger partial charge is 0.266 e. The van der Waals surface area contributed by atoms with Gasteiger partial charge in [-0.05, 0) is 54.3 Å². The molecule has 2 heterocycles. The minimum atomic E-state index is -0.367. The van der Waals surface area contributed by atoms with Crippen LogP contribution in [0.2, 0.25) is 0 Å². The Hall–Kier alpha value is -4.03. The van der Waals surface area contributed by atoms with Crippen LogP contribution in [0.15, 0.2) is 84.2 Å². The molecule has 1 aliphatic heterocycles. The molecule has 1 aliphatic rings. The lowest BCUT2D eigenvalue weighted by Gasteiger charge is -2.15. The van der Waals surface area contributed by atoms with E-state index in [0.29, 0.717) is 27.4 Å². The highest BCUT2D eigenvalue weighted by atomic mass is 32.1. The molecule has 5 nitrogen and oxygen atoms in total. The Morgan fingerprint density at radius 1 is 0.812 bits per heavy atom. The van der Waals surface area contributed by atoms with Gasteiger partial charge in [0.2, 0.25) is 0 Å². The van der Waals surface area contributed by atoms with Crippen molar-refractivity contribution in [1.29, 1.82) is 0 Å². The summed E-state index contributed by atoms with van der Waals surface area (Å²) in [7, 11) is 0. The van der Waals surface area contributed by atoms with Gasteiger partial charge < -0.3 is 5.32 Å². The van der Waals surface area contributed by atoms with E-state index in [9.17, 15) is 14.4 Å². The molecular weight excluding hydrogens is 420 g/mol. The van der Waals surface area contributed by atoms with Crippen molar-refractivity contribution in [3.8, 4) is 11.1 Å². The van der Waals surface area contributed by atoms with Crippen molar-refractivity contribution in [2.45, 2.75) is 6.92 Å². The first-order valence-electron chi connectivity index (χ1n) is 10.1. The van der Waals surface area contributed by atoms with Crippen molar-refractivity contribution in [3.63, 3.8) is 0 Å². The van der Waals surface area contributed by atoms with Crippen LogP contribution in [0.5, 0.6) is 0 Å². The van der Waals surface area contributed by atoms with Crippen molar-refractivity contribution in [1.82, 2.24) is 0 Å². The Morgan fingerprint density at radius 2 is 1.50 bits per heavy atom. The largest absolute Gasteiger partial charge is 0.321 e. The van der Waals surface area contributed by atoms with Crippen molar-refractivity contribution in [2.75, 3.05) is 10.2 Å². The minimum Gasteiger partial charge on any atom is -0.321 e. The predicted molar refractivity (Wildman–Crippen MR) is 126 cm³/mol. The topological polar surface area (TPSA) is 66.5 Å². The Kier molecular flexibility index (Phi) is 4.92. The lowest BCUT2D eigenvalue weighted by atomic mass is 10.0. The fraction of sp³-hybridized carbons (Fsp3) is 0.0385. The number of rotatable bonds is 4. The lowest BCUT2D eigenvalue weighted by Crippen LogP contribution is -2.29. The van der Waals surface area contributed by atoms with Gasteiger partial charge in [0, 0.05) is 11.3 Å². The average molecular weight is 439 g/mol. The molecule has 32 heavy (non-hydrogen) atoms. The van der Waals surface area contributed by atoms with Gasteiger partial charge in [-0.1, -0.05) is 48.0 Å². The predicted octanol–water partition coefficient (Wildman–Crippen LogP) is 5.78. The Labute approximate surface area is 188 Å². The standard InChI is InChI=1S/C26H18N2O3S/c1-16-9-11-17(12-10-16)20-13-14-32-23(20)24(29)27-18-5-4-6-19(15-18)28-25(30)21-7-2-3-8-22(21)26(28)31/h2-15H,1H3,(H,27,29). The van der Waals surface area contributed by atoms with E-state index in [1.54, 1.807) is 48.5 Å². The monoisotopic (exact) mass is 438 g/mol. The number of hydrogen-bond acceptors (Lipinski definition) is 4. The first-order valence-corrected chi connectivity index (χ1v) is 10.9. The summed E-state index contributed by atoms with van der Waals surface area (Å²) in [6.45, 7) is 2.02. The minimum absolute atomic E-state index is 0.241. The molecule has 0 fully saturated rings. The van der Waals surface area contributed by atoms with Crippen molar-refractivity contribution in [2.24, 2.45) is 0 Å². The van der Waals surface area contributed by atoms with Gasteiger partial charge in [0.25, 0.3) is 17.7 Å². The average Bonchev–Trinajstić information content (AvgIpc) is 3.38. The molecule has 0 spiro atoms. The molecule has 0 saturated carbocycles. The number of benzene rings is 3. The van der Waals surface area contributed by atoms with E-state index >= 15 is 0 Å². The number of imide groups is 1. The number of thiophene rings is 1. The van der Waals surface area contributed by atoms with Gasteiger partial charge in [-0.3, -0.25) is 14.4 Å². The number of anilines is 2. The maximum Gasteiger partial charge on any atom is 0.266 e. The number of nitrogens with zero attached hydrogens (tertiary/aromatic N) is 1. The third kappa shape index (κ3) is 3.40. The van der Waals surface area contributed by atoms with Crippen LogP contribution >= 0.6 is 11.3 Å². The zero-order valence-corrected chi connectivity index (χ0v) is 18.0. The normalized spacial score (nSPS) is 12.7. The van der Waals surface area contributed by atoms with Crippen LogP contribution in [0.25, 0.3) is 11.1 Å². The number of hydrogen-bond donors (Lipinski definition) is 1. The molecule has 3 aromatic carbocycles. The highest BCUT2D eigenvalue weighted by Crippen LogP contribution is 2.32. The number of carbonyl (C=O) groups is 3. The molecule has 5 rings (SSSR count). The number of aryl methyl sites for hydroxylation is 1. The third-order valence-corrected chi connectivity index (χ3v) is 6.30. The van der Waals surface area contributed by atoms with E-state index < -0.39 is 0 Å². The zero-order valence-electron chi connectivity index (χ0n) is 17.2. The maximum atomic E-state index is 13.0. The van der Waals surface area contributed by atoms with Crippen molar-refractivity contribution in [3.05, 3.63) is 106 Å². The Balaban J connectivity index is 1.41. The van der Waals surface area contributed by atoms with Gasteiger partial charge in [0.05, 0.1) is 21.7 Å². The Bertz CT molecular complexity index is 1340. The molecule has 4 aromatic rings. The molecule has 1 aromatic heterocycles. The van der Waals surface area contributed by atoms with Crippen LogP contribution in [0.3, 0.4) is 0 Å². The van der Waals surface area contributed by atoms with Crippen LogP contribution in [0.1, 0.15) is 36.0 Å². The fourth-order valence-electron chi connectivity index (χ4n) is 3.78. The van der Waals surface area contributed by atoms with Crippen molar-refractivity contribution >= 4 is 40.4 Å². The van der Waals surface area contributed by atoms with E-state index in [4.69, 9.17) is 0 Å². The zero-order chi connectivity index (χ0) is 22.2. The number of carbonyl (C=O) groups excluding carboxylic acids is 3. The highest BCUT2D eigenvalue weighted by Gasteiger charge is 2.36. The molecule has 156 valence electrons. The summed E-state index contributed by atoms with van der Waals surface area (Å²) in [6, 6.07) is 23.5. The second-order valence-corrected chi connectivity index (χ2v) is 8.44. The summed E-state index contributed by atoms with van der Waals surface area (Å²) in [6.07, 6.45) is 0. The van der Waals surface area contributed by atoms with Crippen LogP contribution in [0.4, 0.5) is 11.4 Å². The summed E-state index contributed by atoms with van der Waals surface area (Å²) in [5, 5.41) is 4.79. The Morgan fingerprint density at radius 3 is 2.19 bits per heavy atom. The molecule has 6 heteroatoms.